The average molecular weight is 353 g/mol. The van der Waals surface area contributed by atoms with Gasteiger partial charge in [0.15, 0.2) is 0 Å². The lowest BCUT2D eigenvalue weighted by atomic mass is 9.89. The smallest absolute Gasteiger partial charge is 0.407 e. The third-order valence-corrected chi connectivity index (χ3v) is 4.65. The van der Waals surface area contributed by atoms with Gasteiger partial charge in [-0.05, 0) is 25.3 Å². The maximum atomic E-state index is 12.1. The van der Waals surface area contributed by atoms with E-state index in [0.717, 1.165) is 31.2 Å². The van der Waals surface area contributed by atoms with Crippen LogP contribution in [0.3, 0.4) is 0 Å². The molecule has 1 aromatic rings. The van der Waals surface area contributed by atoms with E-state index >= 15 is 0 Å². The number of carbonyl (C=O) groups excluding carboxylic acids is 2. The van der Waals surface area contributed by atoms with Gasteiger partial charge in [-0.25, -0.2) is 4.79 Å². The monoisotopic (exact) mass is 352 g/mol. The summed E-state index contributed by atoms with van der Waals surface area (Å²) in [5.74, 6) is -0.120. The van der Waals surface area contributed by atoms with Gasteiger partial charge in [0, 0.05) is 6.54 Å². The van der Waals surface area contributed by atoms with Crippen molar-refractivity contribution in [3.8, 4) is 0 Å². The number of halogens is 1. The van der Waals surface area contributed by atoms with E-state index in [1.807, 2.05) is 37.3 Å². The van der Waals surface area contributed by atoms with E-state index in [1.165, 1.54) is 0 Å². The Morgan fingerprint density at radius 3 is 2.62 bits per heavy atom. The van der Waals surface area contributed by atoms with Gasteiger partial charge in [0.2, 0.25) is 5.91 Å². The molecular weight excluding hydrogens is 328 g/mol. The SMILES string of the molecule is CCN(C(=O)CCl)[C@@H]1CCCC[C@H]1NC(=O)OCc1ccccc1. The predicted octanol–water partition coefficient (Wildman–Crippen LogP) is 3.31. The Morgan fingerprint density at radius 1 is 1.25 bits per heavy atom. The van der Waals surface area contributed by atoms with Gasteiger partial charge in [0.25, 0.3) is 0 Å². The number of rotatable bonds is 6. The minimum Gasteiger partial charge on any atom is -0.445 e. The molecule has 1 aromatic carbocycles. The summed E-state index contributed by atoms with van der Waals surface area (Å²) in [5.41, 5.74) is 0.945. The van der Waals surface area contributed by atoms with Crippen LogP contribution in [-0.2, 0) is 16.1 Å². The Labute approximate surface area is 148 Å². The van der Waals surface area contributed by atoms with E-state index in [2.05, 4.69) is 5.32 Å². The zero-order valence-corrected chi connectivity index (χ0v) is 14.8. The van der Waals surface area contributed by atoms with E-state index < -0.39 is 6.09 Å². The van der Waals surface area contributed by atoms with Crippen molar-refractivity contribution < 1.29 is 14.3 Å². The van der Waals surface area contributed by atoms with Crippen LogP contribution in [0.5, 0.6) is 0 Å². The van der Waals surface area contributed by atoms with Gasteiger partial charge in [-0.15, -0.1) is 11.6 Å². The summed E-state index contributed by atoms with van der Waals surface area (Å²) in [4.78, 5) is 25.9. The molecule has 2 rings (SSSR count). The third-order valence-electron chi connectivity index (χ3n) is 4.42. The largest absolute Gasteiger partial charge is 0.445 e. The molecule has 0 unspecified atom stereocenters. The number of likely N-dealkylation sites (N-methyl/N-ethyl adjacent to an activating group) is 1. The number of ether oxygens (including phenoxy) is 1. The van der Waals surface area contributed by atoms with Crippen molar-refractivity contribution in [2.45, 2.75) is 51.3 Å². The first-order valence-corrected chi connectivity index (χ1v) is 9.01. The summed E-state index contributed by atoms with van der Waals surface area (Å²) in [7, 11) is 0. The highest BCUT2D eigenvalue weighted by atomic mass is 35.5. The van der Waals surface area contributed by atoms with Crippen LogP contribution in [0.4, 0.5) is 4.79 Å². The van der Waals surface area contributed by atoms with Crippen molar-refractivity contribution in [1.29, 1.82) is 0 Å². The van der Waals surface area contributed by atoms with Crippen LogP contribution in [0, 0.1) is 0 Å². The molecule has 0 aliphatic heterocycles. The number of carbonyl (C=O) groups is 2. The lowest BCUT2D eigenvalue weighted by molar-refractivity contribution is -0.131. The topological polar surface area (TPSA) is 58.6 Å². The van der Waals surface area contributed by atoms with Crippen LogP contribution in [0.15, 0.2) is 30.3 Å². The molecular formula is C18H25ClN2O3. The summed E-state index contributed by atoms with van der Waals surface area (Å²) in [6.45, 7) is 2.76. The van der Waals surface area contributed by atoms with Crippen LogP contribution in [0.1, 0.15) is 38.2 Å². The molecule has 1 saturated carbocycles. The van der Waals surface area contributed by atoms with Crippen molar-refractivity contribution in [3.05, 3.63) is 35.9 Å². The second-order valence-corrected chi connectivity index (χ2v) is 6.25. The number of alkyl carbamates (subject to hydrolysis) is 1. The first-order valence-electron chi connectivity index (χ1n) is 8.48. The van der Waals surface area contributed by atoms with Gasteiger partial charge >= 0.3 is 6.09 Å². The Hall–Kier alpha value is -1.75. The van der Waals surface area contributed by atoms with Crippen LogP contribution in [-0.4, -0.2) is 41.4 Å². The highest BCUT2D eigenvalue weighted by Crippen LogP contribution is 2.24. The summed E-state index contributed by atoms with van der Waals surface area (Å²) in [6.07, 6.45) is 3.36. The molecule has 6 heteroatoms. The maximum Gasteiger partial charge on any atom is 0.407 e. The van der Waals surface area contributed by atoms with E-state index in [1.54, 1.807) is 4.90 Å². The Kier molecular flexibility index (Phi) is 7.37. The second-order valence-electron chi connectivity index (χ2n) is 5.98. The fourth-order valence-electron chi connectivity index (χ4n) is 3.24. The fourth-order valence-corrected chi connectivity index (χ4v) is 3.39. The van der Waals surface area contributed by atoms with Crippen molar-refractivity contribution in [3.63, 3.8) is 0 Å². The minimum atomic E-state index is -0.440. The summed E-state index contributed by atoms with van der Waals surface area (Å²) < 4.78 is 5.30. The first-order chi connectivity index (χ1) is 11.7. The van der Waals surface area contributed by atoms with Gasteiger partial charge < -0.3 is 15.0 Å². The van der Waals surface area contributed by atoms with E-state index in [9.17, 15) is 9.59 Å². The first kappa shape index (κ1) is 18.6. The van der Waals surface area contributed by atoms with Crippen LogP contribution >= 0.6 is 11.6 Å². The standard InChI is InChI=1S/C18H25ClN2O3/c1-2-21(17(22)12-19)16-11-7-6-10-15(16)20-18(23)24-13-14-8-4-3-5-9-14/h3-5,8-9,15-16H,2,6-7,10-13H2,1H3,(H,20,23)/t15-,16-/m1/s1. The maximum absolute atomic E-state index is 12.1. The minimum absolute atomic E-state index is 0.0146. The number of hydrogen-bond donors (Lipinski definition) is 1. The summed E-state index contributed by atoms with van der Waals surface area (Å²) in [5, 5.41) is 2.93. The molecule has 132 valence electrons. The molecule has 0 bridgehead atoms. The van der Waals surface area contributed by atoms with Crippen molar-refractivity contribution in [2.75, 3.05) is 12.4 Å². The van der Waals surface area contributed by atoms with Crippen LogP contribution in [0.2, 0.25) is 0 Å². The molecule has 0 heterocycles. The normalized spacial score (nSPS) is 20.2. The molecule has 1 N–H and O–H groups in total. The van der Waals surface area contributed by atoms with Gasteiger partial charge in [-0.1, -0.05) is 43.2 Å². The number of nitrogens with one attached hydrogen (secondary N) is 1. The number of amides is 2. The molecule has 24 heavy (non-hydrogen) atoms. The molecule has 5 nitrogen and oxygen atoms in total. The van der Waals surface area contributed by atoms with Crippen LogP contribution < -0.4 is 5.32 Å². The Morgan fingerprint density at radius 2 is 1.96 bits per heavy atom. The van der Waals surface area contributed by atoms with Gasteiger partial charge in [0.05, 0.1) is 12.1 Å². The highest BCUT2D eigenvalue weighted by Gasteiger charge is 2.33. The molecule has 1 aliphatic rings. The number of nitrogens with zero attached hydrogens (tertiary/aromatic N) is 1. The van der Waals surface area contributed by atoms with Gasteiger partial charge in [-0.2, -0.15) is 0 Å². The Balaban J connectivity index is 1.92. The number of hydrogen-bond acceptors (Lipinski definition) is 3. The molecule has 1 aliphatic carbocycles. The summed E-state index contributed by atoms with van der Waals surface area (Å²) >= 11 is 5.71. The van der Waals surface area contributed by atoms with Crippen LogP contribution in [0.25, 0.3) is 0 Å². The van der Waals surface area contributed by atoms with Crippen molar-refractivity contribution in [2.24, 2.45) is 0 Å². The fraction of sp³-hybridized carbons (Fsp3) is 0.556. The molecule has 0 radical (unpaired) electrons. The van der Waals surface area contributed by atoms with E-state index in [0.29, 0.717) is 6.54 Å². The second kappa shape index (κ2) is 9.52. The number of benzene rings is 1. The molecule has 0 aromatic heterocycles. The molecule has 1 fully saturated rings. The molecule has 2 amide bonds. The van der Waals surface area contributed by atoms with Crippen molar-refractivity contribution >= 4 is 23.6 Å². The lowest BCUT2D eigenvalue weighted by Gasteiger charge is -2.39. The zero-order valence-electron chi connectivity index (χ0n) is 14.0. The molecule has 0 spiro atoms. The quantitative estimate of drug-likeness (QED) is 0.799. The zero-order chi connectivity index (χ0) is 17.4. The van der Waals surface area contributed by atoms with Gasteiger partial charge in [-0.3, -0.25) is 4.79 Å². The molecule has 0 saturated heterocycles. The van der Waals surface area contributed by atoms with Gasteiger partial charge in [0.1, 0.15) is 12.5 Å². The van der Waals surface area contributed by atoms with E-state index in [4.69, 9.17) is 16.3 Å². The molecule has 2 atom stereocenters. The Bertz CT molecular complexity index is 538. The predicted molar refractivity (Wildman–Crippen MR) is 93.9 cm³/mol. The number of alkyl halides is 1. The van der Waals surface area contributed by atoms with E-state index in [-0.39, 0.29) is 30.5 Å². The lowest BCUT2D eigenvalue weighted by Crippen LogP contribution is -2.55. The average Bonchev–Trinajstić information content (AvgIpc) is 2.62. The summed E-state index contributed by atoms with van der Waals surface area (Å²) in [6, 6.07) is 9.45. The third kappa shape index (κ3) is 5.13. The van der Waals surface area contributed by atoms with Crippen molar-refractivity contribution in [1.82, 2.24) is 10.2 Å². The highest BCUT2D eigenvalue weighted by molar-refractivity contribution is 6.27.